The van der Waals surface area contributed by atoms with E-state index < -0.39 is 0 Å². The van der Waals surface area contributed by atoms with Crippen molar-refractivity contribution in [2.45, 2.75) is 13.0 Å². The van der Waals surface area contributed by atoms with Crippen LogP contribution in [0.5, 0.6) is 0 Å². The summed E-state index contributed by atoms with van der Waals surface area (Å²) >= 11 is 1.73. The highest BCUT2D eigenvalue weighted by Gasteiger charge is 2.01. The van der Waals surface area contributed by atoms with Crippen LogP contribution in [0.15, 0.2) is 17.5 Å². The van der Waals surface area contributed by atoms with Crippen LogP contribution in [0, 0.1) is 0 Å². The van der Waals surface area contributed by atoms with Gasteiger partial charge in [-0.3, -0.25) is 0 Å². The van der Waals surface area contributed by atoms with E-state index in [-0.39, 0.29) is 6.10 Å². The van der Waals surface area contributed by atoms with Crippen molar-refractivity contribution in [2.24, 2.45) is 0 Å². The molecule has 0 spiro atoms. The van der Waals surface area contributed by atoms with Crippen molar-refractivity contribution in [1.29, 1.82) is 0 Å². The van der Waals surface area contributed by atoms with Crippen LogP contribution in [-0.4, -0.2) is 7.11 Å². The number of thiophene rings is 1. The molecule has 1 rings (SSSR count). The minimum absolute atomic E-state index is 0.255. The van der Waals surface area contributed by atoms with Gasteiger partial charge in [-0.2, -0.15) is 0 Å². The summed E-state index contributed by atoms with van der Waals surface area (Å²) in [6.07, 6.45) is 0.255. The molecule has 0 aromatic carbocycles. The zero-order chi connectivity index (χ0) is 6.69. The number of hydrogen-bond acceptors (Lipinski definition) is 2. The van der Waals surface area contributed by atoms with Gasteiger partial charge in [-0.1, -0.05) is 6.07 Å². The molecule has 0 N–H and O–H groups in total. The van der Waals surface area contributed by atoms with Gasteiger partial charge >= 0.3 is 0 Å². The van der Waals surface area contributed by atoms with Gasteiger partial charge in [0.15, 0.2) is 0 Å². The van der Waals surface area contributed by atoms with Crippen molar-refractivity contribution in [3.05, 3.63) is 22.4 Å². The molecular weight excluding hydrogens is 132 g/mol. The summed E-state index contributed by atoms with van der Waals surface area (Å²) in [4.78, 5) is 1.29. The zero-order valence-electron chi connectivity index (χ0n) is 5.63. The lowest BCUT2D eigenvalue weighted by Gasteiger charge is -2.04. The SMILES string of the molecule is COC(C)c1cccs1. The van der Waals surface area contributed by atoms with Crippen LogP contribution in [0.25, 0.3) is 0 Å². The van der Waals surface area contributed by atoms with Crippen LogP contribution in [0.1, 0.15) is 17.9 Å². The first-order chi connectivity index (χ1) is 4.34. The van der Waals surface area contributed by atoms with Gasteiger partial charge in [-0.25, -0.2) is 0 Å². The molecule has 0 bridgehead atoms. The summed E-state index contributed by atoms with van der Waals surface area (Å²) in [6, 6.07) is 4.12. The molecule has 0 saturated carbocycles. The molecule has 0 aliphatic rings. The normalized spacial score (nSPS) is 13.6. The van der Waals surface area contributed by atoms with E-state index in [2.05, 4.69) is 11.4 Å². The Morgan fingerprint density at radius 2 is 2.44 bits per heavy atom. The van der Waals surface area contributed by atoms with Gasteiger partial charge < -0.3 is 4.74 Å². The molecule has 1 aromatic heterocycles. The minimum Gasteiger partial charge on any atom is -0.376 e. The summed E-state index contributed by atoms with van der Waals surface area (Å²) in [6.45, 7) is 2.05. The van der Waals surface area contributed by atoms with Gasteiger partial charge in [0, 0.05) is 12.0 Å². The maximum atomic E-state index is 5.10. The van der Waals surface area contributed by atoms with Gasteiger partial charge in [-0.15, -0.1) is 11.3 Å². The average molecular weight is 142 g/mol. The Hall–Kier alpha value is -0.340. The Morgan fingerprint density at radius 1 is 1.67 bits per heavy atom. The standard InChI is InChI=1S/C7H10OS/c1-6(8-2)7-4-3-5-9-7/h3-6H,1-2H3. The molecule has 1 heterocycles. The molecule has 0 fully saturated rings. The van der Waals surface area contributed by atoms with E-state index in [0.717, 1.165) is 0 Å². The minimum atomic E-state index is 0.255. The van der Waals surface area contributed by atoms with Crippen LogP contribution >= 0.6 is 11.3 Å². The summed E-state index contributed by atoms with van der Waals surface area (Å²) in [5, 5.41) is 2.06. The van der Waals surface area contributed by atoms with Crippen molar-refractivity contribution < 1.29 is 4.74 Å². The van der Waals surface area contributed by atoms with Crippen LogP contribution in [0.3, 0.4) is 0 Å². The lowest BCUT2D eigenvalue weighted by molar-refractivity contribution is 0.122. The lowest BCUT2D eigenvalue weighted by Crippen LogP contribution is -1.90. The molecule has 1 unspecified atom stereocenters. The lowest BCUT2D eigenvalue weighted by atomic mass is 10.3. The maximum Gasteiger partial charge on any atom is 0.0884 e. The Balaban J connectivity index is 2.65. The Labute approximate surface area is 59.3 Å². The molecule has 0 aliphatic carbocycles. The Morgan fingerprint density at radius 3 is 2.89 bits per heavy atom. The Kier molecular flexibility index (Phi) is 2.25. The van der Waals surface area contributed by atoms with E-state index in [1.807, 2.05) is 13.0 Å². The first-order valence-corrected chi connectivity index (χ1v) is 3.78. The summed E-state index contributed by atoms with van der Waals surface area (Å²) < 4.78 is 5.10. The highest BCUT2D eigenvalue weighted by Crippen LogP contribution is 2.20. The van der Waals surface area contributed by atoms with Crippen LogP contribution in [0.4, 0.5) is 0 Å². The molecule has 9 heavy (non-hydrogen) atoms. The van der Waals surface area contributed by atoms with Gasteiger partial charge in [0.05, 0.1) is 6.10 Å². The van der Waals surface area contributed by atoms with Crippen molar-refractivity contribution >= 4 is 11.3 Å². The van der Waals surface area contributed by atoms with Crippen molar-refractivity contribution in [2.75, 3.05) is 7.11 Å². The second-order valence-electron chi connectivity index (χ2n) is 1.89. The third-order valence-electron chi connectivity index (χ3n) is 1.30. The molecule has 1 nitrogen and oxygen atoms in total. The molecule has 0 radical (unpaired) electrons. The first-order valence-electron chi connectivity index (χ1n) is 2.91. The zero-order valence-corrected chi connectivity index (χ0v) is 6.44. The number of ether oxygens (including phenoxy) is 1. The molecule has 0 aliphatic heterocycles. The van der Waals surface area contributed by atoms with Gasteiger partial charge in [0.1, 0.15) is 0 Å². The highest BCUT2D eigenvalue weighted by atomic mass is 32.1. The first kappa shape index (κ1) is 6.78. The molecule has 50 valence electrons. The fourth-order valence-electron chi connectivity index (χ4n) is 0.639. The predicted molar refractivity (Wildman–Crippen MR) is 39.7 cm³/mol. The maximum absolute atomic E-state index is 5.10. The second kappa shape index (κ2) is 2.99. The van der Waals surface area contributed by atoms with Gasteiger partial charge in [0.25, 0.3) is 0 Å². The van der Waals surface area contributed by atoms with Gasteiger partial charge in [-0.05, 0) is 18.4 Å². The summed E-state index contributed by atoms with van der Waals surface area (Å²) in [5.41, 5.74) is 0. The van der Waals surface area contributed by atoms with Crippen LogP contribution in [-0.2, 0) is 4.74 Å². The van der Waals surface area contributed by atoms with E-state index in [1.54, 1.807) is 18.4 Å². The third kappa shape index (κ3) is 1.53. The quantitative estimate of drug-likeness (QED) is 0.616. The van der Waals surface area contributed by atoms with Crippen molar-refractivity contribution in [1.82, 2.24) is 0 Å². The van der Waals surface area contributed by atoms with Crippen molar-refractivity contribution in [3.8, 4) is 0 Å². The summed E-state index contributed by atoms with van der Waals surface area (Å²) in [7, 11) is 1.73. The second-order valence-corrected chi connectivity index (χ2v) is 2.87. The largest absolute Gasteiger partial charge is 0.376 e. The molecule has 0 amide bonds. The molecule has 1 aromatic rings. The van der Waals surface area contributed by atoms with E-state index in [9.17, 15) is 0 Å². The summed E-state index contributed by atoms with van der Waals surface area (Å²) in [5.74, 6) is 0. The van der Waals surface area contributed by atoms with E-state index in [0.29, 0.717) is 0 Å². The van der Waals surface area contributed by atoms with E-state index in [4.69, 9.17) is 4.74 Å². The fraction of sp³-hybridized carbons (Fsp3) is 0.429. The number of rotatable bonds is 2. The topological polar surface area (TPSA) is 9.23 Å². The molecule has 0 saturated heterocycles. The number of methoxy groups -OCH3 is 1. The fourth-order valence-corrected chi connectivity index (χ4v) is 1.40. The third-order valence-corrected chi connectivity index (χ3v) is 2.33. The smallest absolute Gasteiger partial charge is 0.0884 e. The van der Waals surface area contributed by atoms with Crippen LogP contribution < -0.4 is 0 Å². The van der Waals surface area contributed by atoms with Crippen LogP contribution in [0.2, 0.25) is 0 Å². The molecule has 1 atom stereocenters. The van der Waals surface area contributed by atoms with Gasteiger partial charge in [0.2, 0.25) is 0 Å². The van der Waals surface area contributed by atoms with E-state index in [1.165, 1.54) is 4.88 Å². The van der Waals surface area contributed by atoms with Crippen molar-refractivity contribution in [3.63, 3.8) is 0 Å². The Bertz CT molecular complexity index is 157. The number of hydrogen-bond donors (Lipinski definition) is 0. The monoisotopic (exact) mass is 142 g/mol. The molecule has 2 heteroatoms. The predicted octanol–water partition coefficient (Wildman–Crippen LogP) is 2.46. The molecular formula is C7H10OS. The highest BCUT2D eigenvalue weighted by molar-refractivity contribution is 7.10. The van der Waals surface area contributed by atoms with E-state index >= 15 is 0 Å². The average Bonchev–Trinajstić information content (AvgIpc) is 2.37.